The van der Waals surface area contributed by atoms with Crippen molar-refractivity contribution in [1.29, 1.82) is 0 Å². The minimum Gasteiger partial charge on any atom is -0.460 e. The smallest absolute Gasteiger partial charge is 0.407 e. The highest BCUT2D eigenvalue weighted by Crippen LogP contribution is 2.48. The lowest BCUT2D eigenvalue weighted by molar-refractivity contribution is -0.156. The molecule has 0 unspecified atom stereocenters. The Bertz CT molecular complexity index is 9600. The van der Waals surface area contributed by atoms with E-state index in [0.29, 0.717) is 16.7 Å². The van der Waals surface area contributed by atoms with Crippen molar-refractivity contribution in [3.8, 4) is 68.1 Å². The number of aromatic amines is 7. The van der Waals surface area contributed by atoms with Gasteiger partial charge in [-0.15, -0.1) is 0 Å². The van der Waals surface area contributed by atoms with E-state index in [9.17, 15) is 14.4 Å². The zero-order valence-corrected chi connectivity index (χ0v) is 79.3. The molecule has 9 N–H and O–H groups in total. The Kier molecular flexibility index (Phi) is 21.4. The predicted octanol–water partition coefficient (Wildman–Crippen LogP) is 29.0. The molecule has 0 aliphatic heterocycles. The molecule has 24 heteroatoms. The lowest BCUT2D eigenvalue weighted by Crippen LogP contribution is -2.46. The van der Waals surface area contributed by atoms with Crippen LogP contribution in [0.4, 0.5) is 10.5 Å². The number of H-pyrrole nitrogens is 7. The van der Waals surface area contributed by atoms with Crippen LogP contribution in [0, 0.1) is 0 Å². The van der Waals surface area contributed by atoms with Gasteiger partial charge in [0, 0.05) is 116 Å². The number of fused-ring (bicyclic) bond motifs is 31. The first-order valence-electron chi connectivity index (χ1n) is 47.1. The number of nitrogens with zero attached hydrogens (tertiary/aromatic N) is 8. The normalized spacial score (nSPS) is 12.3. The van der Waals surface area contributed by atoms with Crippen molar-refractivity contribution in [2.24, 2.45) is 0 Å². The maximum Gasteiger partial charge on any atom is 0.407 e. The van der Waals surface area contributed by atoms with Gasteiger partial charge in [-0.3, -0.25) is 24.7 Å². The van der Waals surface area contributed by atoms with Crippen molar-refractivity contribution >= 4 is 225 Å². The van der Waals surface area contributed by atoms with Gasteiger partial charge in [0.2, 0.25) is 5.91 Å². The molecule has 0 saturated carbocycles. The third kappa shape index (κ3) is 15.6. The fraction of sp³-hybridized carbons (Fsp3) is 0.0672. The van der Waals surface area contributed by atoms with Crippen molar-refractivity contribution < 1.29 is 23.9 Å². The first-order valence-corrected chi connectivity index (χ1v) is 48.3. The highest BCUT2D eigenvalue weighted by molar-refractivity contribution is 9.10. The number of esters is 1. The zero-order valence-electron chi connectivity index (χ0n) is 77.0. The van der Waals surface area contributed by atoms with Gasteiger partial charge in [0.05, 0.1) is 89.4 Å². The second-order valence-electron chi connectivity index (χ2n) is 36.6. The number of nitrogens with one attached hydrogen (secondary N) is 9. The van der Waals surface area contributed by atoms with Gasteiger partial charge in [-0.05, 0) is 160 Å². The number of imidazole rings is 4. The summed E-state index contributed by atoms with van der Waals surface area (Å²) < 4.78 is 12.3. The summed E-state index contributed by atoms with van der Waals surface area (Å²) in [5.74, 6) is 1.65. The first-order chi connectivity index (χ1) is 70.1. The van der Waals surface area contributed by atoms with Crippen molar-refractivity contribution in [2.75, 3.05) is 11.9 Å². The number of hydrogen-bond acceptors (Lipinski definition) is 13. The molecule has 10 heterocycles. The largest absolute Gasteiger partial charge is 0.460 e. The quantitative estimate of drug-likeness (QED) is 0.0313. The van der Waals surface area contributed by atoms with Crippen LogP contribution in [0.15, 0.2) is 363 Å². The maximum atomic E-state index is 14.0. The average Bonchev–Trinajstić information content (AvgIpc) is 1.59. The first kappa shape index (κ1) is 86.5. The number of benzene rings is 17. The Morgan fingerprint density at radius 2 is 0.895 bits per heavy atom. The van der Waals surface area contributed by atoms with E-state index in [1.165, 1.54) is 26.9 Å². The molecule has 28 rings (SSSR count). The third-order valence-corrected chi connectivity index (χ3v) is 27.6. The molecule has 10 aromatic heterocycles. The molecular weight excluding hydrogens is 1860 g/mol. The molecule has 1 aliphatic carbocycles. The van der Waals surface area contributed by atoms with E-state index < -0.39 is 36.0 Å². The topological polar surface area (TPSA) is 307 Å². The summed E-state index contributed by atoms with van der Waals surface area (Å²) in [4.78, 5) is 95.7. The highest BCUT2D eigenvalue weighted by atomic mass is 79.9. The molecule has 1 atom stereocenters. The number of pyridine rings is 3. The van der Waals surface area contributed by atoms with E-state index in [1.54, 1.807) is 26.8 Å². The number of halogens is 2. The lowest BCUT2D eigenvalue weighted by atomic mass is 9.98. The van der Waals surface area contributed by atoms with Gasteiger partial charge < -0.3 is 50.0 Å². The van der Waals surface area contributed by atoms with Crippen LogP contribution in [0.25, 0.3) is 242 Å². The number of anilines is 1. The van der Waals surface area contributed by atoms with E-state index in [1.807, 2.05) is 164 Å². The van der Waals surface area contributed by atoms with Crippen LogP contribution >= 0.6 is 27.5 Å². The van der Waals surface area contributed by atoms with Gasteiger partial charge in [0.25, 0.3) is 0 Å². The summed E-state index contributed by atoms with van der Waals surface area (Å²) in [6.07, 6.45) is 4.34. The van der Waals surface area contributed by atoms with Gasteiger partial charge in [-0.2, -0.15) is 5.10 Å². The van der Waals surface area contributed by atoms with Crippen molar-refractivity contribution in [2.45, 2.75) is 44.8 Å². The summed E-state index contributed by atoms with van der Waals surface area (Å²) >= 11 is 10.1. The van der Waals surface area contributed by atoms with Crippen LogP contribution in [-0.4, -0.2) is 111 Å². The molecule has 0 spiro atoms. The van der Waals surface area contributed by atoms with Crippen LogP contribution in [0.2, 0.25) is 5.15 Å². The van der Waals surface area contributed by atoms with Crippen LogP contribution in [-0.2, 0) is 19.1 Å². The Hall–Kier alpha value is -18.1. The number of aromatic nitrogens is 15. The Morgan fingerprint density at radius 1 is 0.406 bits per heavy atom. The molecule has 17 aromatic carbocycles. The SMILES string of the molecule is CC(C)(C)OC(=O)C[C@H](NC(=O)OCC1c2ccccc2-c2ccccc21)C(=O)Nc1ccc2c3ccccc3c3[nH]c(-c4c[nH]c5ccc(Br)cc45)nc3c2c1.Clc1nc2ccccc2cc1-c1nc2c3ccccc3c3ccccc3c2[nH]1.c1ccc(-c2[nH]c3ccccc3c2-c2nc3c4cccnc4c4ncccc4c3[nH]2)cc1.c1ccc2c(-c3nc4c5ccccc5c5ccccc5c4[nH]3)n[nH]c2c1. The van der Waals surface area contributed by atoms with E-state index in [0.717, 1.165) is 225 Å². The zero-order chi connectivity index (χ0) is 96.2. The van der Waals surface area contributed by atoms with Gasteiger partial charge in [-0.1, -0.05) is 288 Å². The van der Waals surface area contributed by atoms with E-state index in [2.05, 4.69) is 270 Å². The fourth-order valence-electron chi connectivity index (χ4n) is 20.5. The molecule has 143 heavy (non-hydrogen) atoms. The van der Waals surface area contributed by atoms with Gasteiger partial charge >= 0.3 is 12.1 Å². The van der Waals surface area contributed by atoms with E-state index >= 15 is 0 Å². The number of carbonyl (C=O) groups is 3. The molecule has 688 valence electrons. The second-order valence-corrected chi connectivity index (χ2v) is 37.9. The van der Waals surface area contributed by atoms with E-state index in [-0.39, 0.29) is 12.5 Å². The molecule has 22 nitrogen and oxygen atoms in total. The highest BCUT2D eigenvalue weighted by Gasteiger charge is 2.33. The Morgan fingerprint density at radius 3 is 1.55 bits per heavy atom. The molecule has 27 aromatic rings. The minimum atomic E-state index is -1.29. The van der Waals surface area contributed by atoms with Crippen LogP contribution in [0.3, 0.4) is 0 Å². The number of para-hydroxylation sites is 3. The summed E-state index contributed by atoms with van der Waals surface area (Å²) in [5.41, 5.74) is 23.0. The molecule has 1 aliphatic rings. The minimum absolute atomic E-state index is 0.0523. The number of rotatable bonds is 12. The van der Waals surface area contributed by atoms with Crippen molar-refractivity contribution in [3.63, 3.8) is 0 Å². The standard InChI is InChI=1S/C46H38BrN5O5.C27H17N5.C24H14ClN3.C22H14N4/c1-46(2,3)57-40(53)22-39(50-45(55)56-24-37-30-13-6-4-10-27(30)28-11-5-7-14-31(28)37)44(54)49-26-17-18-32-29-12-8-9-15-33(29)41-42(35(32)21-26)52-43(51-41)36-23-48-38-19-16-25(47)20-34(36)38;1-2-8-16(9-3-1)22-21(17-10-4-5-13-20(17)30-22)27-31-25-18-11-6-14-28-23(18)24-19(26(25)32-27)12-7-15-29-24;25-23-19(13-14-7-1-6-12-20(14)26-23)24-27-21-17-10-4-2-8-15(17)16-9-3-5-11-18(16)22(21)28-24;1-3-9-15-13(7-1)14-8-2-4-10-16(14)20-19(15)23-22(24-20)21-17-11-5-6-12-18(17)25-26-21/h4-21,23,37,39,48H,22,24H2,1-3H3,(H,49,54)(H,50,55)(H,51,52);1-15,30H,(H,31,32);1-13H,(H,27,28);1-12H,(H,23,24)(H,25,26)/t39-;;;/m0.../s1. The van der Waals surface area contributed by atoms with Gasteiger partial charge in [-0.25, -0.2) is 29.7 Å². The molecule has 0 bridgehead atoms. The number of alkyl carbamates (subject to hydrolysis) is 1. The maximum absolute atomic E-state index is 14.0. The molecule has 0 fully saturated rings. The summed E-state index contributed by atoms with van der Waals surface area (Å²) in [6, 6.07) is 113. The molecular formula is C119H83BrClN17O5. The molecule has 0 saturated heterocycles. The second kappa shape index (κ2) is 35.4. The predicted molar refractivity (Wildman–Crippen MR) is 580 cm³/mol. The molecule has 0 radical (unpaired) electrons. The third-order valence-electron chi connectivity index (χ3n) is 26.8. The fourth-order valence-corrected chi connectivity index (χ4v) is 21.1. The van der Waals surface area contributed by atoms with Crippen molar-refractivity contribution in [1.82, 2.24) is 80.3 Å². The number of hydrogen-bond donors (Lipinski definition) is 9. The average molecular weight is 1950 g/mol. The van der Waals surface area contributed by atoms with Crippen molar-refractivity contribution in [3.05, 3.63) is 379 Å². The number of carbonyl (C=O) groups excluding carboxylic acids is 3. The summed E-state index contributed by atoms with van der Waals surface area (Å²) in [6.45, 7) is 5.29. The lowest BCUT2D eigenvalue weighted by Gasteiger charge is -2.23. The van der Waals surface area contributed by atoms with Gasteiger partial charge in [0.15, 0.2) is 5.82 Å². The van der Waals surface area contributed by atoms with Gasteiger partial charge in [0.1, 0.15) is 46.6 Å². The van der Waals surface area contributed by atoms with Crippen LogP contribution < -0.4 is 10.6 Å². The Labute approximate surface area is 827 Å². The van der Waals surface area contributed by atoms with E-state index in [4.69, 9.17) is 41.0 Å². The molecule has 2 amide bonds. The van der Waals surface area contributed by atoms with Crippen LogP contribution in [0.1, 0.15) is 44.2 Å². The monoisotopic (exact) mass is 1940 g/mol. The summed E-state index contributed by atoms with van der Waals surface area (Å²) in [5, 5.41) is 33.2. The number of amides is 2. The number of ether oxygens (including phenoxy) is 2. The Balaban J connectivity index is 0.000000106. The summed E-state index contributed by atoms with van der Waals surface area (Å²) in [7, 11) is 0. The van der Waals surface area contributed by atoms with Crippen LogP contribution in [0.5, 0.6) is 0 Å².